The van der Waals surface area contributed by atoms with E-state index in [2.05, 4.69) is 15.4 Å². The third-order valence-electron chi connectivity index (χ3n) is 3.99. The molecule has 3 aromatic rings. The van der Waals surface area contributed by atoms with Gasteiger partial charge in [-0.3, -0.25) is 4.79 Å². The van der Waals surface area contributed by atoms with E-state index in [1.165, 1.54) is 6.20 Å². The Labute approximate surface area is 140 Å². The molecule has 124 valence electrons. The SMILES string of the molecule is Cc1ccc(C(CO)NC(=O)c2cnn3c(C)cc(C)nc23)cc1. The van der Waals surface area contributed by atoms with E-state index in [1.807, 2.05) is 51.1 Å². The Morgan fingerprint density at radius 2 is 1.96 bits per heavy atom. The predicted octanol–water partition coefficient (Wildman–Crippen LogP) is 2.12. The lowest BCUT2D eigenvalue weighted by Gasteiger charge is -2.16. The number of rotatable bonds is 4. The van der Waals surface area contributed by atoms with E-state index in [-0.39, 0.29) is 12.5 Å². The van der Waals surface area contributed by atoms with Gasteiger partial charge in [0, 0.05) is 11.4 Å². The average molecular weight is 324 g/mol. The van der Waals surface area contributed by atoms with E-state index in [1.54, 1.807) is 4.52 Å². The number of aliphatic hydroxyl groups is 1. The summed E-state index contributed by atoms with van der Waals surface area (Å²) in [6.07, 6.45) is 1.51. The highest BCUT2D eigenvalue weighted by molar-refractivity contribution is 5.99. The Kier molecular flexibility index (Phi) is 4.31. The minimum Gasteiger partial charge on any atom is -0.394 e. The Hall–Kier alpha value is -2.73. The van der Waals surface area contributed by atoms with E-state index in [4.69, 9.17) is 0 Å². The van der Waals surface area contributed by atoms with Gasteiger partial charge in [0.15, 0.2) is 5.65 Å². The molecule has 0 spiro atoms. The molecule has 0 saturated carbocycles. The molecule has 0 aliphatic heterocycles. The maximum absolute atomic E-state index is 12.6. The molecule has 2 heterocycles. The van der Waals surface area contributed by atoms with E-state index in [0.29, 0.717) is 11.2 Å². The van der Waals surface area contributed by atoms with Crippen molar-refractivity contribution in [3.05, 3.63) is 64.6 Å². The van der Waals surface area contributed by atoms with Gasteiger partial charge in [-0.2, -0.15) is 5.10 Å². The minimum absolute atomic E-state index is 0.181. The lowest BCUT2D eigenvalue weighted by atomic mass is 10.1. The lowest BCUT2D eigenvalue weighted by molar-refractivity contribution is 0.0917. The van der Waals surface area contributed by atoms with Gasteiger partial charge in [-0.05, 0) is 32.4 Å². The summed E-state index contributed by atoms with van der Waals surface area (Å²) in [5, 5.41) is 16.7. The van der Waals surface area contributed by atoms with Crippen LogP contribution in [0, 0.1) is 20.8 Å². The Morgan fingerprint density at radius 3 is 2.62 bits per heavy atom. The van der Waals surface area contributed by atoms with Crippen LogP contribution >= 0.6 is 0 Å². The number of carbonyl (C=O) groups excluding carboxylic acids is 1. The summed E-state index contributed by atoms with van der Waals surface area (Å²) in [5.41, 5.74) is 4.63. The summed E-state index contributed by atoms with van der Waals surface area (Å²) < 4.78 is 1.64. The third kappa shape index (κ3) is 3.00. The van der Waals surface area contributed by atoms with Crippen LogP contribution in [0.4, 0.5) is 0 Å². The monoisotopic (exact) mass is 324 g/mol. The van der Waals surface area contributed by atoms with Crippen molar-refractivity contribution in [2.24, 2.45) is 0 Å². The maximum atomic E-state index is 12.6. The van der Waals surface area contributed by atoms with Crippen LogP contribution in [-0.4, -0.2) is 32.2 Å². The van der Waals surface area contributed by atoms with Crippen LogP contribution in [0.2, 0.25) is 0 Å². The molecule has 6 nitrogen and oxygen atoms in total. The number of fused-ring (bicyclic) bond motifs is 1. The first kappa shape index (κ1) is 16.1. The highest BCUT2D eigenvalue weighted by atomic mass is 16.3. The van der Waals surface area contributed by atoms with Gasteiger partial charge in [0.2, 0.25) is 0 Å². The van der Waals surface area contributed by atoms with Crippen LogP contribution in [0.1, 0.15) is 38.9 Å². The van der Waals surface area contributed by atoms with Crippen molar-refractivity contribution in [2.75, 3.05) is 6.61 Å². The van der Waals surface area contributed by atoms with Crippen molar-refractivity contribution in [1.82, 2.24) is 19.9 Å². The molecule has 3 rings (SSSR count). The number of nitrogens with one attached hydrogen (secondary N) is 1. The first-order chi connectivity index (χ1) is 11.5. The van der Waals surface area contributed by atoms with E-state index >= 15 is 0 Å². The molecule has 1 unspecified atom stereocenters. The van der Waals surface area contributed by atoms with Gasteiger partial charge in [0.25, 0.3) is 5.91 Å². The summed E-state index contributed by atoms with van der Waals surface area (Å²) in [7, 11) is 0. The topological polar surface area (TPSA) is 79.5 Å². The van der Waals surface area contributed by atoms with Gasteiger partial charge >= 0.3 is 0 Å². The summed E-state index contributed by atoms with van der Waals surface area (Å²) in [6, 6.07) is 9.14. The Morgan fingerprint density at radius 1 is 1.25 bits per heavy atom. The molecule has 0 bridgehead atoms. The fraction of sp³-hybridized carbons (Fsp3) is 0.278. The van der Waals surface area contributed by atoms with E-state index in [9.17, 15) is 9.90 Å². The summed E-state index contributed by atoms with van der Waals surface area (Å²) >= 11 is 0. The van der Waals surface area contributed by atoms with E-state index < -0.39 is 6.04 Å². The molecular formula is C18H20N4O2. The lowest BCUT2D eigenvalue weighted by Crippen LogP contribution is -2.30. The van der Waals surface area contributed by atoms with E-state index in [0.717, 1.165) is 22.5 Å². The normalized spacial score (nSPS) is 12.3. The highest BCUT2D eigenvalue weighted by Gasteiger charge is 2.19. The number of aryl methyl sites for hydroxylation is 3. The van der Waals surface area contributed by atoms with Crippen molar-refractivity contribution in [3.63, 3.8) is 0 Å². The standard InChI is InChI=1S/C18H20N4O2/c1-11-4-6-14(7-5-11)16(10-23)21-18(24)15-9-19-22-13(3)8-12(2)20-17(15)22/h4-9,16,23H,10H2,1-3H3,(H,21,24). The van der Waals surface area contributed by atoms with Gasteiger partial charge in [-0.25, -0.2) is 9.50 Å². The van der Waals surface area contributed by atoms with Crippen LogP contribution < -0.4 is 5.32 Å². The number of aromatic nitrogens is 3. The quantitative estimate of drug-likeness (QED) is 0.770. The van der Waals surface area contributed by atoms with Crippen LogP contribution in [-0.2, 0) is 0 Å². The molecule has 2 N–H and O–H groups in total. The second-order valence-electron chi connectivity index (χ2n) is 5.95. The minimum atomic E-state index is -0.473. The van der Waals surface area contributed by atoms with Crippen molar-refractivity contribution >= 4 is 11.6 Å². The van der Waals surface area contributed by atoms with Crippen molar-refractivity contribution in [1.29, 1.82) is 0 Å². The van der Waals surface area contributed by atoms with Crippen LogP contribution in [0.3, 0.4) is 0 Å². The molecule has 0 fully saturated rings. The van der Waals surface area contributed by atoms with Crippen molar-refractivity contribution < 1.29 is 9.90 Å². The second kappa shape index (κ2) is 6.41. The molecule has 0 aliphatic carbocycles. The van der Waals surface area contributed by atoms with Crippen molar-refractivity contribution in [3.8, 4) is 0 Å². The number of hydrogen-bond donors (Lipinski definition) is 2. The molecule has 1 aromatic carbocycles. The molecule has 2 aromatic heterocycles. The number of aliphatic hydroxyl groups excluding tert-OH is 1. The molecule has 1 amide bonds. The second-order valence-corrected chi connectivity index (χ2v) is 5.95. The Bertz CT molecular complexity index is 884. The zero-order valence-corrected chi connectivity index (χ0v) is 13.9. The first-order valence-corrected chi connectivity index (χ1v) is 7.80. The molecule has 0 radical (unpaired) electrons. The molecule has 0 aliphatic rings. The third-order valence-corrected chi connectivity index (χ3v) is 3.99. The van der Waals surface area contributed by atoms with Gasteiger partial charge in [-0.1, -0.05) is 29.8 Å². The average Bonchev–Trinajstić information content (AvgIpc) is 2.97. The number of hydrogen-bond acceptors (Lipinski definition) is 4. The molecule has 1 atom stereocenters. The van der Waals surface area contributed by atoms with Gasteiger partial charge in [0.05, 0.1) is 18.8 Å². The zero-order valence-electron chi connectivity index (χ0n) is 13.9. The fourth-order valence-corrected chi connectivity index (χ4v) is 2.70. The number of amides is 1. The molecule has 24 heavy (non-hydrogen) atoms. The smallest absolute Gasteiger partial charge is 0.257 e. The van der Waals surface area contributed by atoms with Crippen LogP contribution in [0.5, 0.6) is 0 Å². The molecule has 0 saturated heterocycles. The van der Waals surface area contributed by atoms with Gasteiger partial charge in [0.1, 0.15) is 5.56 Å². The van der Waals surface area contributed by atoms with Crippen molar-refractivity contribution in [2.45, 2.75) is 26.8 Å². The van der Waals surface area contributed by atoms with Gasteiger partial charge < -0.3 is 10.4 Å². The number of benzene rings is 1. The summed E-state index contributed by atoms with van der Waals surface area (Å²) in [6.45, 7) is 5.61. The maximum Gasteiger partial charge on any atom is 0.257 e. The number of carbonyl (C=O) groups is 1. The van der Waals surface area contributed by atoms with Gasteiger partial charge in [-0.15, -0.1) is 0 Å². The number of nitrogens with zero attached hydrogens (tertiary/aromatic N) is 3. The predicted molar refractivity (Wildman–Crippen MR) is 90.9 cm³/mol. The summed E-state index contributed by atoms with van der Waals surface area (Å²) in [4.78, 5) is 17.0. The fourth-order valence-electron chi connectivity index (χ4n) is 2.70. The molecular weight excluding hydrogens is 304 g/mol. The highest BCUT2D eigenvalue weighted by Crippen LogP contribution is 2.16. The molecule has 6 heteroatoms. The zero-order chi connectivity index (χ0) is 17.3. The summed E-state index contributed by atoms with van der Waals surface area (Å²) in [5.74, 6) is -0.304. The van der Waals surface area contributed by atoms with Crippen LogP contribution in [0.25, 0.3) is 5.65 Å². The first-order valence-electron chi connectivity index (χ1n) is 7.80. The van der Waals surface area contributed by atoms with Crippen LogP contribution in [0.15, 0.2) is 36.5 Å². The Balaban J connectivity index is 1.90. The largest absolute Gasteiger partial charge is 0.394 e.